The second-order valence-electron chi connectivity index (χ2n) is 2.73. The topological polar surface area (TPSA) is 38.7 Å². The fraction of sp³-hybridized carbons (Fsp3) is 0.222. The molecule has 2 rings (SSSR count). The largest absolute Gasteiger partial charge is 0.238 e. The van der Waals surface area contributed by atoms with Crippen LogP contribution in [0, 0.1) is 13.8 Å². The first-order valence-corrected chi connectivity index (χ1v) is 3.83. The van der Waals surface area contributed by atoms with Gasteiger partial charge < -0.3 is 0 Å². The Morgan fingerprint density at radius 1 is 1.17 bits per heavy atom. The molecule has 3 nitrogen and oxygen atoms in total. The van der Waals surface area contributed by atoms with Crippen molar-refractivity contribution in [2.75, 3.05) is 0 Å². The molecule has 3 heteroatoms. The second-order valence-corrected chi connectivity index (χ2v) is 2.73. The average Bonchev–Trinajstić information content (AvgIpc) is 2.04. The van der Waals surface area contributed by atoms with Gasteiger partial charge in [0.1, 0.15) is 5.82 Å². The molecule has 60 valence electrons. The maximum atomic E-state index is 4.25. The molecule has 0 N–H and O–H groups in total. The van der Waals surface area contributed by atoms with E-state index in [1.54, 1.807) is 6.20 Å². The van der Waals surface area contributed by atoms with E-state index in [0.29, 0.717) is 0 Å². The zero-order valence-electron chi connectivity index (χ0n) is 7.07. The van der Waals surface area contributed by atoms with Gasteiger partial charge in [0.25, 0.3) is 0 Å². The highest BCUT2D eigenvalue weighted by Gasteiger charge is 2.00. The smallest absolute Gasteiger partial charge is 0.163 e. The van der Waals surface area contributed by atoms with Crippen molar-refractivity contribution in [3.63, 3.8) is 0 Å². The average molecular weight is 159 g/mol. The van der Waals surface area contributed by atoms with Gasteiger partial charge in [0.05, 0.1) is 5.69 Å². The first kappa shape index (κ1) is 7.16. The van der Waals surface area contributed by atoms with E-state index in [2.05, 4.69) is 15.0 Å². The number of aryl methyl sites for hydroxylation is 2. The number of hydrogen-bond donors (Lipinski definition) is 0. The summed E-state index contributed by atoms with van der Waals surface area (Å²) in [5, 5.41) is 1.03. The van der Waals surface area contributed by atoms with E-state index in [4.69, 9.17) is 0 Å². The maximum Gasteiger partial charge on any atom is 0.163 e. The van der Waals surface area contributed by atoms with Gasteiger partial charge in [-0.3, -0.25) is 0 Å². The minimum absolute atomic E-state index is 0.777. The normalized spacial score (nSPS) is 10.5. The fourth-order valence-corrected chi connectivity index (χ4v) is 1.25. The van der Waals surface area contributed by atoms with Crippen LogP contribution in [0.3, 0.4) is 0 Å². The monoisotopic (exact) mass is 159 g/mol. The summed E-state index contributed by atoms with van der Waals surface area (Å²) < 4.78 is 0. The van der Waals surface area contributed by atoms with Crippen molar-refractivity contribution in [1.82, 2.24) is 15.0 Å². The molecular weight excluding hydrogens is 150 g/mol. The van der Waals surface area contributed by atoms with Crippen molar-refractivity contribution >= 4 is 11.0 Å². The number of pyridine rings is 1. The second kappa shape index (κ2) is 2.52. The predicted molar refractivity (Wildman–Crippen MR) is 46.8 cm³/mol. The highest BCUT2D eigenvalue weighted by Crippen LogP contribution is 2.11. The zero-order valence-corrected chi connectivity index (χ0v) is 7.07. The fourth-order valence-electron chi connectivity index (χ4n) is 1.25. The summed E-state index contributed by atoms with van der Waals surface area (Å²) in [5.41, 5.74) is 1.77. The SMILES string of the molecule is Cc1nc(C)c2cccnc2n1. The summed E-state index contributed by atoms with van der Waals surface area (Å²) in [5.74, 6) is 0.777. The Hall–Kier alpha value is -1.51. The van der Waals surface area contributed by atoms with E-state index in [0.717, 1.165) is 22.6 Å². The van der Waals surface area contributed by atoms with Crippen LogP contribution < -0.4 is 0 Å². The van der Waals surface area contributed by atoms with Crippen LogP contribution in [0.1, 0.15) is 11.5 Å². The lowest BCUT2D eigenvalue weighted by atomic mass is 10.2. The van der Waals surface area contributed by atoms with Crippen LogP contribution in [0.4, 0.5) is 0 Å². The Labute approximate surface area is 70.5 Å². The molecule has 0 aromatic carbocycles. The Bertz CT molecular complexity index is 423. The van der Waals surface area contributed by atoms with E-state index in [9.17, 15) is 0 Å². The van der Waals surface area contributed by atoms with Crippen LogP contribution in [0.5, 0.6) is 0 Å². The predicted octanol–water partition coefficient (Wildman–Crippen LogP) is 1.64. The van der Waals surface area contributed by atoms with E-state index < -0.39 is 0 Å². The molecule has 0 amide bonds. The summed E-state index contributed by atoms with van der Waals surface area (Å²) in [6.07, 6.45) is 1.74. The lowest BCUT2D eigenvalue weighted by Crippen LogP contribution is -1.94. The third kappa shape index (κ3) is 1.03. The van der Waals surface area contributed by atoms with Crippen LogP contribution in [-0.2, 0) is 0 Å². The number of hydrogen-bond acceptors (Lipinski definition) is 3. The molecule has 2 aromatic heterocycles. The molecule has 0 saturated carbocycles. The molecule has 12 heavy (non-hydrogen) atoms. The first-order valence-electron chi connectivity index (χ1n) is 3.83. The molecule has 0 aliphatic carbocycles. The quantitative estimate of drug-likeness (QED) is 0.586. The number of rotatable bonds is 0. The zero-order chi connectivity index (χ0) is 8.55. The van der Waals surface area contributed by atoms with Crippen molar-refractivity contribution in [3.05, 3.63) is 29.8 Å². The van der Waals surface area contributed by atoms with Gasteiger partial charge in [-0.05, 0) is 26.0 Å². The van der Waals surface area contributed by atoms with Crippen LogP contribution in [0.2, 0.25) is 0 Å². The van der Waals surface area contributed by atoms with Crippen molar-refractivity contribution in [2.45, 2.75) is 13.8 Å². The molecule has 2 aromatic rings. The highest BCUT2D eigenvalue weighted by atomic mass is 14.9. The highest BCUT2D eigenvalue weighted by molar-refractivity contribution is 5.76. The number of fused-ring (bicyclic) bond motifs is 1. The Kier molecular flexibility index (Phi) is 1.50. The van der Waals surface area contributed by atoms with Crippen molar-refractivity contribution in [1.29, 1.82) is 0 Å². The lowest BCUT2D eigenvalue weighted by Gasteiger charge is -1.99. The number of nitrogens with zero attached hydrogens (tertiary/aromatic N) is 3. The Morgan fingerprint density at radius 2 is 2.00 bits per heavy atom. The Balaban J connectivity index is 2.89. The minimum atomic E-state index is 0.777. The molecule has 0 bridgehead atoms. The van der Waals surface area contributed by atoms with Crippen LogP contribution in [-0.4, -0.2) is 15.0 Å². The van der Waals surface area contributed by atoms with E-state index in [-0.39, 0.29) is 0 Å². The molecule has 0 unspecified atom stereocenters. The summed E-state index contributed by atoms with van der Waals surface area (Å²) in [6.45, 7) is 3.85. The molecule has 0 atom stereocenters. The van der Waals surface area contributed by atoms with E-state index in [1.807, 2.05) is 26.0 Å². The Morgan fingerprint density at radius 3 is 2.83 bits per heavy atom. The van der Waals surface area contributed by atoms with Gasteiger partial charge in [0.15, 0.2) is 5.65 Å². The minimum Gasteiger partial charge on any atom is -0.238 e. The van der Waals surface area contributed by atoms with Crippen molar-refractivity contribution in [2.24, 2.45) is 0 Å². The van der Waals surface area contributed by atoms with Crippen LogP contribution in [0.25, 0.3) is 11.0 Å². The maximum absolute atomic E-state index is 4.25. The third-order valence-electron chi connectivity index (χ3n) is 1.77. The third-order valence-corrected chi connectivity index (χ3v) is 1.77. The van der Waals surface area contributed by atoms with Gasteiger partial charge in [0, 0.05) is 11.6 Å². The lowest BCUT2D eigenvalue weighted by molar-refractivity contribution is 1.03. The van der Waals surface area contributed by atoms with Crippen molar-refractivity contribution in [3.8, 4) is 0 Å². The molecule has 0 fully saturated rings. The van der Waals surface area contributed by atoms with Gasteiger partial charge in [0.2, 0.25) is 0 Å². The standard InChI is InChI=1S/C9H9N3/c1-6-8-4-3-5-10-9(8)12-7(2)11-6/h3-5H,1-2H3. The summed E-state index contributed by atoms with van der Waals surface area (Å²) in [6, 6.07) is 3.88. The molecule has 2 heterocycles. The van der Waals surface area contributed by atoms with E-state index in [1.165, 1.54) is 0 Å². The first-order chi connectivity index (χ1) is 5.77. The molecule has 0 aliphatic heterocycles. The summed E-state index contributed by atoms with van der Waals surface area (Å²) in [7, 11) is 0. The van der Waals surface area contributed by atoms with Crippen molar-refractivity contribution < 1.29 is 0 Å². The summed E-state index contributed by atoms with van der Waals surface area (Å²) >= 11 is 0. The van der Waals surface area contributed by atoms with Gasteiger partial charge in [-0.25, -0.2) is 15.0 Å². The molecule has 0 saturated heterocycles. The van der Waals surface area contributed by atoms with Gasteiger partial charge >= 0.3 is 0 Å². The molecule has 0 aliphatic rings. The van der Waals surface area contributed by atoms with Gasteiger partial charge in [-0.2, -0.15) is 0 Å². The molecule has 0 radical (unpaired) electrons. The van der Waals surface area contributed by atoms with Gasteiger partial charge in [-0.15, -0.1) is 0 Å². The number of aromatic nitrogens is 3. The van der Waals surface area contributed by atoms with E-state index >= 15 is 0 Å². The molecular formula is C9H9N3. The van der Waals surface area contributed by atoms with Crippen LogP contribution in [0.15, 0.2) is 18.3 Å². The van der Waals surface area contributed by atoms with Crippen LogP contribution >= 0.6 is 0 Å². The summed E-state index contributed by atoms with van der Waals surface area (Å²) in [4.78, 5) is 12.6. The molecule has 0 spiro atoms. The van der Waals surface area contributed by atoms with Gasteiger partial charge in [-0.1, -0.05) is 0 Å².